The summed E-state index contributed by atoms with van der Waals surface area (Å²) in [6, 6.07) is 6.20. The first kappa shape index (κ1) is 19.3. The third kappa shape index (κ3) is 5.49. The Kier molecular flexibility index (Phi) is 6.57. The third-order valence-corrected chi connectivity index (χ3v) is 3.47. The monoisotopic (exact) mass is 376 g/mol. The Morgan fingerprint density at radius 3 is 2.77 bits per heavy atom. The van der Waals surface area contributed by atoms with Crippen LogP contribution >= 0.6 is 11.6 Å². The van der Waals surface area contributed by atoms with E-state index in [0.29, 0.717) is 22.0 Å². The van der Waals surface area contributed by atoms with E-state index in [1.807, 2.05) is 0 Å². The number of pyridine rings is 1. The van der Waals surface area contributed by atoms with Gasteiger partial charge in [0, 0.05) is 17.3 Å². The fourth-order valence-electron chi connectivity index (χ4n) is 1.98. The first-order valence-corrected chi connectivity index (χ1v) is 7.94. The number of benzene rings is 1. The zero-order valence-electron chi connectivity index (χ0n) is 14.1. The van der Waals surface area contributed by atoms with Crippen molar-refractivity contribution in [1.29, 1.82) is 0 Å². The number of esters is 1. The Hall–Kier alpha value is -3.06. The number of hydrogen-bond acceptors (Lipinski definition) is 6. The number of aromatic hydroxyl groups is 1. The lowest BCUT2D eigenvalue weighted by atomic mass is 10.2. The smallest absolute Gasteiger partial charge is 0.331 e. The van der Waals surface area contributed by atoms with E-state index in [1.165, 1.54) is 44.6 Å². The minimum Gasteiger partial charge on any atom is -0.506 e. The first-order valence-electron chi connectivity index (χ1n) is 7.56. The van der Waals surface area contributed by atoms with Gasteiger partial charge in [0.05, 0.1) is 19.0 Å². The van der Waals surface area contributed by atoms with Crippen LogP contribution in [0, 0.1) is 0 Å². The highest BCUT2D eigenvalue weighted by atomic mass is 35.5. The normalized spacial score (nSPS) is 11.8. The highest BCUT2D eigenvalue weighted by molar-refractivity contribution is 6.31. The van der Waals surface area contributed by atoms with Gasteiger partial charge in [-0.3, -0.25) is 9.78 Å². The SMILES string of the molecule is COc1ccc(Cl)cc1NC(=O)C(C)OC(=O)/C=C/c1cncc(O)c1. The molecule has 0 saturated carbocycles. The van der Waals surface area contributed by atoms with E-state index in [0.717, 1.165) is 6.08 Å². The fraction of sp³-hybridized carbons (Fsp3) is 0.167. The van der Waals surface area contributed by atoms with Crippen molar-refractivity contribution in [2.45, 2.75) is 13.0 Å². The third-order valence-electron chi connectivity index (χ3n) is 3.24. The number of ether oxygens (including phenoxy) is 2. The van der Waals surface area contributed by atoms with Gasteiger partial charge in [0.15, 0.2) is 6.10 Å². The molecule has 1 amide bonds. The molecule has 0 fully saturated rings. The lowest BCUT2D eigenvalue weighted by molar-refractivity contribution is -0.148. The minimum absolute atomic E-state index is 0.0243. The van der Waals surface area contributed by atoms with Crippen LogP contribution in [0.15, 0.2) is 42.7 Å². The highest BCUT2D eigenvalue weighted by Gasteiger charge is 2.18. The molecule has 1 aromatic heterocycles. The number of carbonyl (C=O) groups is 2. The Morgan fingerprint density at radius 1 is 1.31 bits per heavy atom. The van der Waals surface area contributed by atoms with Crippen LogP contribution in [0.5, 0.6) is 11.5 Å². The summed E-state index contributed by atoms with van der Waals surface area (Å²) in [4.78, 5) is 27.8. The summed E-state index contributed by atoms with van der Waals surface area (Å²) in [6.07, 6.45) is 4.25. The van der Waals surface area contributed by atoms with Crippen LogP contribution in [0.2, 0.25) is 5.02 Å². The number of carbonyl (C=O) groups excluding carboxylic acids is 2. The second-order valence-electron chi connectivity index (χ2n) is 5.22. The quantitative estimate of drug-likeness (QED) is 0.594. The lowest BCUT2D eigenvalue weighted by Gasteiger charge is -2.14. The van der Waals surface area contributed by atoms with Gasteiger partial charge in [0.25, 0.3) is 5.91 Å². The Labute approximate surface area is 155 Å². The molecule has 0 bridgehead atoms. The molecule has 2 aromatic rings. The van der Waals surface area contributed by atoms with Crippen LogP contribution in [-0.2, 0) is 14.3 Å². The largest absolute Gasteiger partial charge is 0.506 e. The number of nitrogens with zero attached hydrogens (tertiary/aromatic N) is 1. The molecular weight excluding hydrogens is 360 g/mol. The number of hydrogen-bond donors (Lipinski definition) is 2. The van der Waals surface area contributed by atoms with Gasteiger partial charge in [-0.2, -0.15) is 0 Å². The van der Waals surface area contributed by atoms with Crippen molar-refractivity contribution in [3.8, 4) is 11.5 Å². The number of aromatic nitrogens is 1. The van der Waals surface area contributed by atoms with Gasteiger partial charge in [-0.25, -0.2) is 4.79 Å². The van der Waals surface area contributed by atoms with Crippen LogP contribution in [0.25, 0.3) is 6.08 Å². The van der Waals surface area contributed by atoms with Crippen molar-refractivity contribution < 1.29 is 24.2 Å². The lowest BCUT2D eigenvalue weighted by Crippen LogP contribution is -2.29. The summed E-state index contributed by atoms with van der Waals surface area (Å²) in [5.41, 5.74) is 0.886. The Balaban J connectivity index is 1.96. The molecule has 2 N–H and O–H groups in total. The summed E-state index contributed by atoms with van der Waals surface area (Å²) in [5.74, 6) is -0.846. The standard InChI is InChI=1S/C18H17ClN2O5/c1-11(18(24)21-15-8-13(19)4-5-16(15)25-2)26-17(23)6-3-12-7-14(22)10-20-9-12/h3-11,22H,1-2H3,(H,21,24)/b6-3+. The maximum Gasteiger partial charge on any atom is 0.331 e. The number of nitrogens with one attached hydrogen (secondary N) is 1. The molecule has 1 atom stereocenters. The van der Waals surface area contributed by atoms with Crippen LogP contribution in [0.3, 0.4) is 0 Å². The second kappa shape index (κ2) is 8.87. The van der Waals surface area contributed by atoms with Crippen molar-refractivity contribution in [3.63, 3.8) is 0 Å². The maximum atomic E-state index is 12.2. The fourth-order valence-corrected chi connectivity index (χ4v) is 2.15. The minimum atomic E-state index is -1.04. The van der Waals surface area contributed by atoms with Crippen LogP contribution in [-0.4, -0.2) is 35.2 Å². The number of rotatable bonds is 6. The van der Waals surface area contributed by atoms with Gasteiger partial charge in [-0.05, 0) is 42.8 Å². The average molecular weight is 377 g/mol. The molecule has 0 aliphatic carbocycles. The second-order valence-corrected chi connectivity index (χ2v) is 5.66. The van der Waals surface area contributed by atoms with E-state index in [4.69, 9.17) is 21.1 Å². The molecule has 1 unspecified atom stereocenters. The number of anilines is 1. The molecule has 8 heteroatoms. The van der Waals surface area contributed by atoms with Crippen molar-refractivity contribution in [1.82, 2.24) is 4.98 Å². The van der Waals surface area contributed by atoms with Crippen LogP contribution < -0.4 is 10.1 Å². The van der Waals surface area contributed by atoms with Gasteiger partial charge >= 0.3 is 5.97 Å². The summed E-state index contributed by atoms with van der Waals surface area (Å²) in [5, 5.41) is 12.3. The molecule has 1 heterocycles. The average Bonchev–Trinajstić information content (AvgIpc) is 2.60. The number of halogens is 1. The molecule has 0 aliphatic heterocycles. The molecule has 2 rings (SSSR count). The first-order chi connectivity index (χ1) is 12.4. The van der Waals surface area contributed by atoms with E-state index in [9.17, 15) is 14.7 Å². The molecule has 7 nitrogen and oxygen atoms in total. The summed E-state index contributed by atoms with van der Waals surface area (Å²) < 4.78 is 10.2. The molecule has 0 aliphatic rings. The zero-order valence-corrected chi connectivity index (χ0v) is 14.9. The maximum absolute atomic E-state index is 12.2. The van der Waals surface area contributed by atoms with Crippen molar-refractivity contribution in [2.24, 2.45) is 0 Å². The molecule has 0 saturated heterocycles. The van der Waals surface area contributed by atoms with Crippen molar-refractivity contribution in [2.75, 3.05) is 12.4 Å². The summed E-state index contributed by atoms with van der Waals surface area (Å²) in [7, 11) is 1.46. The summed E-state index contributed by atoms with van der Waals surface area (Å²) in [6.45, 7) is 1.44. The van der Waals surface area contributed by atoms with Gasteiger partial charge in [0.1, 0.15) is 11.5 Å². The Morgan fingerprint density at radius 2 is 2.08 bits per heavy atom. The molecule has 0 spiro atoms. The van der Waals surface area contributed by atoms with E-state index < -0.39 is 18.0 Å². The molecular formula is C18H17ClN2O5. The van der Waals surface area contributed by atoms with E-state index in [-0.39, 0.29) is 5.75 Å². The zero-order chi connectivity index (χ0) is 19.1. The molecule has 136 valence electrons. The topological polar surface area (TPSA) is 97.8 Å². The predicted molar refractivity (Wildman–Crippen MR) is 97.1 cm³/mol. The van der Waals surface area contributed by atoms with Crippen LogP contribution in [0.4, 0.5) is 5.69 Å². The number of methoxy groups -OCH3 is 1. The van der Waals surface area contributed by atoms with Crippen LogP contribution in [0.1, 0.15) is 12.5 Å². The molecule has 26 heavy (non-hydrogen) atoms. The molecule has 0 radical (unpaired) electrons. The Bertz CT molecular complexity index is 838. The van der Waals surface area contributed by atoms with Gasteiger partial charge in [-0.15, -0.1) is 0 Å². The van der Waals surface area contributed by atoms with Crippen molar-refractivity contribution >= 4 is 35.2 Å². The highest BCUT2D eigenvalue weighted by Crippen LogP contribution is 2.27. The van der Waals surface area contributed by atoms with Crippen molar-refractivity contribution in [3.05, 3.63) is 53.3 Å². The van der Waals surface area contributed by atoms with E-state index in [1.54, 1.807) is 12.1 Å². The number of amides is 1. The van der Waals surface area contributed by atoms with Gasteiger partial charge in [-0.1, -0.05) is 11.6 Å². The van der Waals surface area contributed by atoms with Gasteiger partial charge < -0.3 is 19.9 Å². The van der Waals surface area contributed by atoms with Gasteiger partial charge in [0.2, 0.25) is 0 Å². The predicted octanol–water partition coefficient (Wildman–Crippen LogP) is 3.03. The summed E-state index contributed by atoms with van der Waals surface area (Å²) >= 11 is 5.91. The van der Waals surface area contributed by atoms with E-state index >= 15 is 0 Å². The van der Waals surface area contributed by atoms with E-state index in [2.05, 4.69) is 10.3 Å². The molecule has 1 aromatic carbocycles.